The summed E-state index contributed by atoms with van der Waals surface area (Å²) in [7, 11) is 0. The molecule has 0 aromatic carbocycles. The molecule has 0 amide bonds. The maximum Gasteiger partial charge on any atom is 0.308 e. The van der Waals surface area contributed by atoms with Crippen molar-refractivity contribution in [2.24, 2.45) is 0 Å². The number of thiazole rings is 1. The quantitative estimate of drug-likeness (QED) is 0.854. The van der Waals surface area contributed by atoms with Crippen molar-refractivity contribution >= 4 is 28.6 Å². The van der Waals surface area contributed by atoms with Crippen molar-refractivity contribution in [3.05, 3.63) is 38.0 Å². The molecule has 2 N–H and O–H groups in total. The summed E-state index contributed by atoms with van der Waals surface area (Å²) in [6.45, 7) is 3.55. The molecule has 0 saturated carbocycles. The molecule has 0 atom stereocenters. The van der Waals surface area contributed by atoms with Crippen LogP contribution in [0.2, 0.25) is 0 Å². The van der Waals surface area contributed by atoms with Crippen LogP contribution in [0.3, 0.4) is 0 Å². The molecule has 4 nitrogen and oxygen atoms in total. The number of carbonyl (C=O) groups is 1. The van der Waals surface area contributed by atoms with Crippen LogP contribution in [0, 0.1) is 6.92 Å². The molecule has 2 rings (SSSR count). The van der Waals surface area contributed by atoms with Gasteiger partial charge in [0.1, 0.15) is 5.01 Å². The molecular formula is C12H14N2O2S2. The van der Waals surface area contributed by atoms with Crippen molar-refractivity contribution in [2.75, 3.05) is 0 Å². The summed E-state index contributed by atoms with van der Waals surface area (Å²) >= 11 is 3.23. The van der Waals surface area contributed by atoms with Crippen LogP contribution in [0.15, 0.2) is 18.3 Å². The average molecular weight is 282 g/mol. The fourth-order valence-corrected chi connectivity index (χ4v) is 3.27. The number of hydrogen-bond donors (Lipinski definition) is 2. The number of aryl methyl sites for hydroxylation is 1. The molecule has 0 saturated heterocycles. The first-order chi connectivity index (χ1) is 8.63. The van der Waals surface area contributed by atoms with Crippen molar-refractivity contribution in [1.29, 1.82) is 0 Å². The summed E-state index contributed by atoms with van der Waals surface area (Å²) in [6.07, 6.45) is 1.98. The van der Waals surface area contributed by atoms with Crippen LogP contribution < -0.4 is 5.32 Å². The standard InChI is InChI=1S/C12H14N2O2S2/c1-8-5-14-11(17-8)7-13-6-10-3-2-9(18-10)4-12(15)16/h2-3,5,13H,4,6-7H2,1H3,(H,15,16). The third-order valence-electron chi connectivity index (χ3n) is 2.29. The highest BCUT2D eigenvalue weighted by atomic mass is 32.1. The van der Waals surface area contributed by atoms with Gasteiger partial charge in [-0.2, -0.15) is 0 Å². The van der Waals surface area contributed by atoms with E-state index in [1.165, 1.54) is 4.88 Å². The van der Waals surface area contributed by atoms with Crippen LogP contribution in [0.4, 0.5) is 0 Å². The number of hydrogen-bond acceptors (Lipinski definition) is 5. The number of carboxylic acids is 1. The van der Waals surface area contributed by atoms with Crippen LogP contribution in [0.5, 0.6) is 0 Å². The molecule has 2 heterocycles. The van der Waals surface area contributed by atoms with Gasteiger partial charge in [0.15, 0.2) is 0 Å². The van der Waals surface area contributed by atoms with Gasteiger partial charge in [0.05, 0.1) is 6.42 Å². The normalized spacial score (nSPS) is 10.7. The van der Waals surface area contributed by atoms with Gasteiger partial charge in [-0.05, 0) is 19.1 Å². The Morgan fingerprint density at radius 1 is 1.33 bits per heavy atom. The van der Waals surface area contributed by atoms with Crippen molar-refractivity contribution in [2.45, 2.75) is 26.4 Å². The Balaban J connectivity index is 1.79. The molecule has 0 radical (unpaired) electrons. The topological polar surface area (TPSA) is 62.2 Å². The Morgan fingerprint density at radius 2 is 2.11 bits per heavy atom. The highest BCUT2D eigenvalue weighted by molar-refractivity contribution is 7.12. The Bertz CT molecular complexity index is 534. The van der Waals surface area contributed by atoms with Crippen molar-refractivity contribution in [3.63, 3.8) is 0 Å². The lowest BCUT2D eigenvalue weighted by atomic mass is 10.3. The molecule has 0 aliphatic carbocycles. The predicted octanol–water partition coefficient (Wildman–Crippen LogP) is 2.43. The Kier molecular flexibility index (Phi) is 4.46. The van der Waals surface area contributed by atoms with Gasteiger partial charge in [-0.3, -0.25) is 4.79 Å². The number of nitrogens with one attached hydrogen (secondary N) is 1. The number of aliphatic carboxylic acids is 1. The summed E-state index contributed by atoms with van der Waals surface area (Å²) < 4.78 is 0. The summed E-state index contributed by atoms with van der Waals surface area (Å²) in [6, 6.07) is 3.85. The number of rotatable bonds is 6. The first-order valence-corrected chi connectivity index (χ1v) is 7.18. The molecule has 0 bridgehead atoms. The Labute approximate surface area is 113 Å². The van der Waals surface area contributed by atoms with Gasteiger partial charge in [-0.25, -0.2) is 4.98 Å². The Hall–Kier alpha value is -1.24. The Morgan fingerprint density at radius 3 is 2.78 bits per heavy atom. The number of aromatic nitrogens is 1. The van der Waals surface area contributed by atoms with Crippen LogP contribution in [-0.4, -0.2) is 16.1 Å². The second-order valence-corrected chi connectivity index (χ2v) is 6.48. The third-order valence-corrected chi connectivity index (χ3v) is 4.29. The van der Waals surface area contributed by atoms with Crippen LogP contribution in [0.25, 0.3) is 0 Å². The van der Waals surface area contributed by atoms with Crippen LogP contribution >= 0.6 is 22.7 Å². The maximum absolute atomic E-state index is 10.6. The van der Waals surface area contributed by atoms with E-state index in [4.69, 9.17) is 5.11 Å². The first kappa shape index (κ1) is 13.2. The highest BCUT2D eigenvalue weighted by Crippen LogP contribution is 2.17. The van der Waals surface area contributed by atoms with Gasteiger partial charge < -0.3 is 10.4 Å². The van der Waals surface area contributed by atoms with E-state index in [0.29, 0.717) is 0 Å². The minimum absolute atomic E-state index is 0.107. The van der Waals surface area contributed by atoms with E-state index < -0.39 is 5.97 Å². The van der Waals surface area contributed by atoms with E-state index in [9.17, 15) is 4.79 Å². The smallest absolute Gasteiger partial charge is 0.308 e. The molecule has 0 spiro atoms. The minimum Gasteiger partial charge on any atom is -0.481 e. The molecule has 0 aliphatic heterocycles. The van der Waals surface area contributed by atoms with Crippen LogP contribution in [-0.2, 0) is 24.3 Å². The first-order valence-electron chi connectivity index (χ1n) is 5.55. The molecule has 18 heavy (non-hydrogen) atoms. The van der Waals surface area contributed by atoms with Crippen molar-refractivity contribution in [3.8, 4) is 0 Å². The fourth-order valence-electron chi connectivity index (χ4n) is 1.54. The number of nitrogens with zero attached hydrogens (tertiary/aromatic N) is 1. The van der Waals surface area contributed by atoms with E-state index in [0.717, 1.165) is 27.9 Å². The van der Waals surface area contributed by atoms with E-state index in [1.54, 1.807) is 22.7 Å². The molecular weight excluding hydrogens is 268 g/mol. The van der Waals surface area contributed by atoms with E-state index in [1.807, 2.05) is 25.3 Å². The predicted molar refractivity (Wildman–Crippen MR) is 73.1 cm³/mol. The fraction of sp³-hybridized carbons (Fsp3) is 0.333. The summed E-state index contributed by atoms with van der Waals surface area (Å²) in [5.74, 6) is -0.783. The van der Waals surface area contributed by atoms with Gasteiger partial charge in [-0.1, -0.05) is 0 Å². The lowest BCUT2D eigenvalue weighted by Crippen LogP contribution is -2.11. The molecule has 0 fully saturated rings. The summed E-state index contributed by atoms with van der Waals surface area (Å²) in [5.41, 5.74) is 0. The highest BCUT2D eigenvalue weighted by Gasteiger charge is 2.05. The molecule has 96 valence electrons. The third kappa shape index (κ3) is 3.90. The molecule has 0 aliphatic rings. The SMILES string of the molecule is Cc1cnc(CNCc2ccc(CC(=O)O)s2)s1. The van der Waals surface area contributed by atoms with E-state index in [-0.39, 0.29) is 6.42 Å². The van der Waals surface area contributed by atoms with Gasteiger partial charge in [0.2, 0.25) is 0 Å². The summed E-state index contributed by atoms with van der Waals surface area (Å²) in [4.78, 5) is 18.1. The average Bonchev–Trinajstić information content (AvgIpc) is 2.88. The molecule has 2 aromatic heterocycles. The van der Waals surface area contributed by atoms with Gasteiger partial charge >= 0.3 is 5.97 Å². The molecule has 2 aromatic rings. The zero-order valence-electron chi connectivity index (χ0n) is 9.97. The van der Waals surface area contributed by atoms with Crippen LogP contribution in [0.1, 0.15) is 19.6 Å². The van der Waals surface area contributed by atoms with E-state index in [2.05, 4.69) is 10.3 Å². The van der Waals surface area contributed by atoms with Crippen molar-refractivity contribution in [1.82, 2.24) is 10.3 Å². The maximum atomic E-state index is 10.6. The monoisotopic (exact) mass is 282 g/mol. The lowest BCUT2D eigenvalue weighted by Gasteiger charge is -1.99. The summed E-state index contributed by atoms with van der Waals surface area (Å²) in [5, 5.41) is 13.1. The zero-order valence-corrected chi connectivity index (χ0v) is 11.6. The van der Waals surface area contributed by atoms with Gasteiger partial charge in [0.25, 0.3) is 0 Å². The second kappa shape index (κ2) is 6.08. The van der Waals surface area contributed by atoms with E-state index >= 15 is 0 Å². The second-order valence-electron chi connectivity index (χ2n) is 3.91. The largest absolute Gasteiger partial charge is 0.481 e. The number of carboxylic acid groups (broad SMARTS) is 1. The molecule has 0 unspecified atom stereocenters. The lowest BCUT2D eigenvalue weighted by molar-refractivity contribution is -0.136. The van der Waals surface area contributed by atoms with Crippen molar-refractivity contribution < 1.29 is 9.90 Å². The van der Waals surface area contributed by atoms with Gasteiger partial charge in [0, 0.05) is 33.9 Å². The molecule has 6 heteroatoms. The number of thiophene rings is 1. The zero-order chi connectivity index (χ0) is 13.0. The van der Waals surface area contributed by atoms with Gasteiger partial charge in [-0.15, -0.1) is 22.7 Å². The minimum atomic E-state index is -0.783.